The Morgan fingerprint density at radius 3 is 2.71 bits per heavy atom. The number of likely N-dealkylation sites (tertiary alicyclic amines) is 1. The number of fused-ring (bicyclic) bond motifs is 1. The van der Waals surface area contributed by atoms with Crippen molar-refractivity contribution in [2.24, 2.45) is 0 Å². The molecule has 8 heteroatoms. The summed E-state index contributed by atoms with van der Waals surface area (Å²) in [5.74, 6) is 1.54. The lowest BCUT2D eigenvalue weighted by atomic mass is 10.1. The topological polar surface area (TPSA) is 92.0 Å². The van der Waals surface area contributed by atoms with Crippen LogP contribution < -0.4 is 10.1 Å². The third-order valence-corrected chi connectivity index (χ3v) is 6.17. The summed E-state index contributed by atoms with van der Waals surface area (Å²) >= 11 is 0. The molecule has 1 saturated heterocycles. The first-order chi connectivity index (χ1) is 16.7. The minimum Gasteiger partial charge on any atom is -0.494 e. The molecule has 2 N–H and O–H groups in total. The average molecular weight is 458 g/mol. The molecule has 1 aliphatic heterocycles. The number of rotatable bonds is 8. The maximum absolute atomic E-state index is 11.3. The Labute approximate surface area is 197 Å². The van der Waals surface area contributed by atoms with E-state index in [1.807, 2.05) is 65.3 Å². The van der Waals surface area contributed by atoms with E-state index in [0.29, 0.717) is 26.1 Å². The van der Waals surface area contributed by atoms with Gasteiger partial charge in [-0.25, -0.2) is 14.3 Å². The SMILES string of the molecule is O=C(O)N1CCC[C@H]1CCOc1ccc(-c2cnc3ccc(NCc4ccccc4)nn23)cc1. The molecule has 0 saturated carbocycles. The van der Waals surface area contributed by atoms with Gasteiger partial charge in [0.2, 0.25) is 0 Å². The quantitative estimate of drug-likeness (QED) is 0.390. The van der Waals surface area contributed by atoms with Crippen LogP contribution in [0.5, 0.6) is 5.75 Å². The van der Waals surface area contributed by atoms with Crippen molar-refractivity contribution < 1.29 is 14.6 Å². The maximum atomic E-state index is 11.3. The molecule has 0 radical (unpaired) electrons. The monoisotopic (exact) mass is 457 g/mol. The summed E-state index contributed by atoms with van der Waals surface area (Å²) in [7, 11) is 0. The average Bonchev–Trinajstić information content (AvgIpc) is 3.51. The zero-order chi connectivity index (χ0) is 23.3. The van der Waals surface area contributed by atoms with E-state index >= 15 is 0 Å². The van der Waals surface area contributed by atoms with Gasteiger partial charge in [-0.05, 0) is 54.8 Å². The fourth-order valence-corrected chi connectivity index (χ4v) is 4.38. The van der Waals surface area contributed by atoms with Gasteiger partial charge in [0, 0.05) is 31.1 Å². The molecule has 1 aliphatic rings. The molecular weight excluding hydrogens is 430 g/mol. The predicted molar refractivity (Wildman–Crippen MR) is 130 cm³/mol. The van der Waals surface area contributed by atoms with Gasteiger partial charge in [-0.3, -0.25) is 0 Å². The molecule has 2 aromatic carbocycles. The van der Waals surface area contributed by atoms with Crippen molar-refractivity contribution in [1.82, 2.24) is 19.5 Å². The van der Waals surface area contributed by atoms with E-state index < -0.39 is 6.09 Å². The molecule has 0 bridgehead atoms. The van der Waals surface area contributed by atoms with Crippen molar-refractivity contribution in [3.05, 3.63) is 78.5 Å². The highest BCUT2D eigenvalue weighted by Crippen LogP contribution is 2.25. The van der Waals surface area contributed by atoms with Crippen LogP contribution in [0.1, 0.15) is 24.8 Å². The van der Waals surface area contributed by atoms with Crippen LogP contribution in [-0.4, -0.2) is 49.9 Å². The van der Waals surface area contributed by atoms with E-state index in [0.717, 1.165) is 41.3 Å². The summed E-state index contributed by atoms with van der Waals surface area (Å²) in [6.07, 6.45) is 3.50. The molecule has 4 aromatic rings. The van der Waals surface area contributed by atoms with Crippen molar-refractivity contribution in [3.63, 3.8) is 0 Å². The van der Waals surface area contributed by atoms with Gasteiger partial charge in [-0.1, -0.05) is 30.3 Å². The number of carboxylic acid groups (broad SMARTS) is 1. The molecule has 8 nitrogen and oxygen atoms in total. The fourth-order valence-electron chi connectivity index (χ4n) is 4.38. The smallest absolute Gasteiger partial charge is 0.407 e. The van der Waals surface area contributed by atoms with Gasteiger partial charge in [0.1, 0.15) is 11.6 Å². The Balaban J connectivity index is 1.23. The lowest BCUT2D eigenvalue weighted by Crippen LogP contribution is -2.35. The number of carbonyl (C=O) groups is 1. The Bertz CT molecular complexity index is 1260. The summed E-state index contributed by atoms with van der Waals surface area (Å²) in [4.78, 5) is 17.3. The second-order valence-corrected chi connectivity index (χ2v) is 8.40. The van der Waals surface area contributed by atoms with E-state index in [1.54, 1.807) is 0 Å². The molecule has 34 heavy (non-hydrogen) atoms. The lowest BCUT2D eigenvalue weighted by molar-refractivity contribution is 0.133. The molecule has 0 unspecified atom stereocenters. The van der Waals surface area contributed by atoms with Gasteiger partial charge in [-0.15, -0.1) is 5.10 Å². The Kier molecular flexibility index (Phi) is 6.29. The first kappa shape index (κ1) is 21.8. The van der Waals surface area contributed by atoms with E-state index in [-0.39, 0.29) is 6.04 Å². The molecule has 1 amide bonds. The van der Waals surface area contributed by atoms with Crippen LogP contribution in [0.2, 0.25) is 0 Å². The number of benzene rings is 2. The highest BCUT2D eigenvalue weighted by molar-refractivity contribution is 5.66. The normalized spacial score (nSPS) is 15.5. The summed E-state index contributed by atoms with van der Waals surface area (Å²) in [6, 6.07) is 22.0. The highest BCUT2D eigenvalue weighted by atomic mass is 16.5. The Morgan fingerprint density at radius 2 is 1.91 bits per heavy atom. The molecule has 1 atom stereocenters. The molecule has 3 heterocycles. The van der Waals surface area contributed by atoms with Crippen LogP contribution in [0.25, 0.3) is 16.9 Å². The number of nitrogens with one attached hydrogen (secondary N) is 1. The summed E-state index contributed by atoms with van der Waals surface area (Å²) in [6.45, 7) is 1.80. The van der Waals surface area contributed by atoms with Crippen molar-refractivity contribution in [3.8, 4) is 17.0 Å². The van der Waals surface area contributed by atoms with Gasteiger partial charge in [-0.2, -0.15) is 0 Å². The molecule has 5 rings (SSSR count). The summed E-state index contributed by atoms with van der Waals surface area (Å²) < 4.78 is 7.72. The largest absolute Gasteiger partial charge is 0.494 e. The standard InChI is InChI=1S/C26H27N5O3/c32-26(33)30-15-4-7-21(30)14-16-34-22-10-8-20(9-11-22)23-18-28-25-13-12-24(29-31(23)25)27-17-19-5-2-1-3-6-19/h1-3,5-6,8-13,18,21H,4,7,14-17H2,(H,27,29)(H,32,33)/t21-/m0/s1. The molecule has 2 aromatic heterocycles. The van der Waals surface area contributed by atoms with Crippen LogP contribution in [0.15, 0.2) is 72.9 Å². The van der Waals surface area contributed by atoms with Gasteiger partial charge >= 0.3 is 6.09 Å². The van der Waals surface area contributed by atoms with Gasteiger partial charge in [0.15, 0.2) is 5.65 Å². The van der Waals surface area contributed by atoms with Gasteiger partial charge in [0.05, 0.1) is 18.5 Å². The van der Waals surface area contributed by atoms with E-state index in [9.17, 15) is 9.90 Å². The highest BCUT2D eigenvalue weighted by Gasteiger charge is 2.28. The number of amides is 1. The minimum atomic E-state index is -0.841. The second-order valence-electron chi connectivity index (χ2n) is 8.40. The first-order valence-electron chi connectivity index (χ1n) is 11.5. The zero-order valence-electron chi connectivity index (χ0n) is 18.8. The summed E-state index contributed by atoms with van der Waals surface area (Å²) in [5, 5.41) is 17.4. The van der Waals surface area contributed by atoms with Crippen LogP contribution in [0.3, 0.4) is 0 Å². The fraction of sp³-hybridized carbons (Fsp3) is 0.269. The van der Waals surface area contributed by atoms with E-state index in [4.69, 9.17) is 9.84 Å². The van der Waals surface area contributed by atoms with Crippen LogP contribution in [0.4, 0.5) is 10.6 Å². The van der Waals surface area contributed by atoms with Crippen LogP contribution >= 0.6 is 0 Å². The number of aromatic nitrogens is 3. The van der Waals surface area contributed by atoms with Crippen molar-refractivity contribution in [2.75, 3.05) is 18.5 Å². The molecule has 174 valence electrons. The Hall–Kier alpha value is -4.07. The van der Waals surface area contributed by atoms with Crippen molar-refractivity contribution in [2.45, 2.75) is 31.8 Å². The predicted octanol–water partition coefficient (Wildman–Crippen LogP) is 4.92. The number of imidazole rings is 1. The van der Waals surface area contributed by atoms with E-state index in [1.165, 1.54) is 10.5 Å². The molecule has 0 spiro atoms. The first-order valence-corrected chi connectivity index (χ1v) is 11.5. The second kappa shape index (κ2) is 9.82. The lowest BCUT2D eigenvalue weighted by Gasteiger charge is -2.21. The van der Waals surface area contributed by atoms with Gasteiger partial charge < -0.3 is 20.1 Å². The maximum Gasteiger partial charge on any atom is 0.407 e. The minimum absolute atomic E-state index is 0.0469. The van der Waals surface area contributed by atoms with Crippen molar-refractivity contribution >= 4 is 17.6 Å². The number of nitrogens with zero attached hydrogens (tertiary/aromatic N) is 4. The zero-order valence-corrected chi connectivity index (χ0v) is 18.8. The van der Waals surface area contributed by atoms with Gasteiger partial charge in [0.25, 0.3) is 0 Å². The van der Waals surface area contributed by atoms with Crippen molar-refractivity contribution in [1.29, 1.82) is 0 Å². The number of ether oxygens (including phenoxy) is 1. The molecule has 1 fully saturated rings. The van der Waals surface area contributed by atoms with Crippen LogP contribution in [-0.2, 0) is 6.54 Å². The Morgan fingerprint density at radius 1 is 1.09 bits per heavy atom. The number of hydrogen-bond donors (Lipinski definition) is 2. The third-order valence-electron chi connectivity index (χ3n) is 6.17. The number of anilines is 1. The molecular formula is C26H27N5O3. The number of hydrogen-bond acceptors (Lipinski definition) is 5. The van der Waals surface area contributed by atoms with Crippen LogP contribution in [0, 0.1) is 0 Å². The van der Waals surface area contributed by atoms with E-state index in [2.05, 4.69) is 22.4 Å². The third kappa shape index (κ3) is 4.80. The summed E-state index contributed by atoms with van der Waals surface area (Å²) in [5.41, 5.74) is 3.85. The molecule has 0 aliphatic carbocycles.